The predicted molar refractivity (Wildman–Crippen MR) is 109 cm³/mol. The lowest BCUT2D eigenvalue weighted by atomic mass is 10.2. The average Bonchev–Trinajstić information content (AvgIpc) is 3.33. The molecule has 0 saturated heterocycles. The highest BCUT2D eigenvalue weighted by molar-refractivity contribution is 7.18. The molecular formula is C19H13F2N3O3S2. The Kier molecular flexibility index (Phi) is 5.36. The third-order valence-electron chi connectivity index (χ3n) is 4.00. The number of thiophene rings is 2. The Morgan fingerprint density at radius 2 is 2.10 bits per heavy atom. The summed E-state index contributed by atoms with van der Waals surface area (Å²) < 4.78 is 30.2. The zero-order chi connectivity index (χ0) is 20.4. The van der Waals surface area contributed by atoms with Crippen LogP contribution in [0.25, 0.3) is 20.7 Å². The van der Waals surface area contributed by atoms with Crippen molar-refractivity contribution in [3.63, 3.8) is 0 Å². The number of carbonyl (C=O) groups excluding carboxylic acids is 1. The first-order valence-electron chi connectivity index (χ1n) is 8.36. The van der Waals surface area contributed by atoms with Gasteiger partial charge in [0.1, 0.15) is 17.1 Å². The second-order valence-electron chi connectivity index (χ2n) is 5.94. The van der Waals surface area contributed by atoms with E-state index in [0.29, 0.717) is 10.2 Å². The molecule has 29 heavy (non-hydrogen) atoms. The largest absolute Gasteiger partial charge is 0.435 e. The van der Waals surface area contributed by atoms with Crippen LogP contribution in [0.5, 0.6) is 5.75 Å². The molecule has 1 N–H and O–H groups in total. The van der Waals surface area contributed by atoms with Crippen LogP contribution in [0, 0.1) is 0 Å². The molecule has 0 saturated carbocycles. The highest BCUT2D eigenvalue weighted by Crippen LogP contribution is 2.33. The average molecular weight is 433 g/mol. The van der Waals surface area contributed by atoms with Gasteiger partial charge in [-0.3, -0.25) is 14.2 Å². The Balaban J connectivity index is 1.57. The second-order valence-corrected chi connectivity index (χ2v) is 7.74. The zero-order valence-electron chi connectivity index (χ0n) is 14.7. The number of hydrogen-bond donors (Lipinski definition) is 1. The Morgan fingerprint density at radius 3 is 2.86 bits per heavy atom. The van der Waals surface area contributed by atoms with Crippen LogP contribution in [-0.4, -0.2) is 22.1 Å². The van der Waals surface area contributed by atoms with Gasteiger partial charge in [-0.15, -0.1) is 22.7 Å². The molecule has 0 aliphatic carbocycles. The maximum atomic E-state index is 12.9. The standard InChI is InChI=1S/C19H13F2N3O3S2/c20-19(21)27-12-4-1-3-11(7-12)23-15(25)8-24-10-22-17-16(18(24)26)13(9-29-17)14-5-2-6-28-14/h1-7,9-10,19H,8H2,(H,23,25). The summed E-state index contributed by atoms with van der Waals surface area (Å²) in [5.74, 6) is -0.563. The molecule has 148 valence electrons. The van der Waals surface area contributed by atoms with Crippen molar-refractivity contribution in [3.05, 3.63) is 63.8 Å². The molecule has 1 aromatic carbocycles. The van der Waals surface area contributed by atoms with Crippen molar-refractivity contribution < 1.29 is 18.3 Å². The van der Waals surface area contributed by atoms with Gasteiger partial charge in [0.2, 0.25) is 5.91 Å². The minimum atomic E-state index is -2.96. The minimum absolute atomic E-state index is 0.0723. The van der Waals surface area contributed by atoms with Gasteiger partial charge >= 0.3 is 6.61 Å². The van der Waals surface area contributed by atoms with Gasteiger partial charge in [-0.05, 0) is 23.6 Å². The van der Waals surface area contributed by atoms with Crippen LogP contribution in [0.4, 0.5) is 14.5 Å². The van der Waals surface area contributed by atoms with Gasteiger partial charge in [0.15, 0.2) is 0 Å². The molecule has 0 radical (unpaired) electrons. The van der Waals surface area contributed by atoms with Crippen molar-refractivity contribution in [1.29, 1.82) is 0 Å². The molecule has 0 bridgehead atoms. The van der Waals surface area contributed by atoms with Gasteiger partial charge in [0, 0.05) is 27.6 Å². The monoisotopic (exact) mass is 433 g/mol. The topological polar surface area (TPSA) is 73.2 Å². The number of alkyl halides is 2. The molecule has 4 aromatic rings. The molecule has 0 unspecified atom stereocenters. The third-order valence-corrected chi connectivity index (χ3v) is 5.79. The number of rotatable bonds is 6. The summed E-state index contributed by atoms with van der Waals surface area (Å²) in [6, 6.07) is 9.47. The summed E-state index contributed by atoms with van der Waals surface area (Å²) in [5.41, 5.74) is 0.763. The van der Waals surface area contributed by atoms with Crippen LogP contribution in [-0.2, 0) is 11.3 Å². The van der Waals surface area contributed by atoms with Gasteiger partial charge in [0.25, 0.3) is 5.56 Å². The second kappa shape index (κ2) is 8.10. The molecule has 0 atom stereocenters. The van der Waals surface area contributed by atoms with E-state index in [1.165, 1.54) is 57.8 Å². The Hall–Kier alpha value is -3.11. The van der Waals surface area contributed by atoms with Crippen LogP contribution in [0.2, 0.25) is 0 Å². The van der Waals surface area contributed by atoms with Crippen molar-refractivity contribution in [2.75, 3.05) is 5.32 Å². The Labute approximate surface area is 171 Å². The van der Waals surface area contributed by atoms with E-state index in [1.54, 1.807) is 0 Å². The van der Waals surface area contributed by atoms with Crippen molar-refractivity contribution in [2.24, 2.45) is 0 Å². The minimum Gasteiger partial charge on any atom is -0.435 e. The van der Waals surface area contributed by atoms with Crippen LogP contribution < -0.4 is 15.6 Å². The lowest BCUT2D eigenvalue weighted by molar-refractivity contribution is -0.116. The van der Waals surface area contributed by atoms with Crippen molar-refractivity contribution in [3.8, 4) is 16.2 Å². The summed E-state index contributed by atoms with van der Waals surface area (Å²) in [7, 11) is 0. The number of amides is 1. The third kappa shape index (κ3) is 4.17. The van der Waals surface area contributed by atoms with Gasteiger partial charge in [-0.1, -0.05) is 12.1 Å². The number of carbonyl (C=O) groups is 1. The number of hydrogen-bond acceptors (Lipinski definition) is 6. The van der Waals surface area contributed by atoms with Crippen molar-refractivity contribution in [1.82, 2.24) is 9.55 Å². The first kappa shape index (κ1) is 19.2. The molecular weight excluding hydrogens is 420 g/mol. The number of anilines is 1. The molecule has 0 aliphatic rings. The molecule has 3 heterocycles. The normalized spacial score (nSPS) is 11.1. The Morgan fingerprint density at radius 1 is 1.24 bits per heavy atom. The summed E-state index contributed by atoms with van der Waals surface area (Å²) in [6.45, 7) is -3.22. The number of benzene rings is 1. The van der Waals surface area contributed by atoms with Gasteiger partial charge in [-0.2, -0.15) is 8.78 Å². The first-order valence-corrected chi connectivity index (χ1v) is 10.1. The molecule has 6 nitrogen and oxygen atoms in total. The quantitative estimate of drug-likeness (QED) is 0.488. The Bertz CT molecular complexity index is 1220. The fraction of sp³-hybridized carbons (Fsp3) is 0.105. The molecule has 0 aliphatic heterocycles. The predicted octanol–water partition coefficient (Wildman–Crippen LogP) is 4.43. The molecule has 0 spiro atoms. The van der Waals surface area contributed by atoms with Crippen LogP contribution >= 0.6 is 22.7 Å². The van der Waals surface area contributed by atoms with E-state index in [2.05, 4.69) is 15.0 Å². The zero-order valence-corrected chi connectivity index (χ0v) is 16.3. The summed E-state index contributed by atoms with van der Waals surface area (Å²) in [6.07, 6.45) is 1.33. The number of nitrogens with zero attached hydrogens (tertiary/aromatic N) is 2. The first-order chi connectivity index (χ1) is 14.0. The summed E-state index contributed by atoms with van der Waals surface area (Å²) in [4.78, 5) is 31.1. The maximum Gasteiger partial charge on any atom is 0.387 e. The van der Waals surface area contributed by atoms with Gasteiger partial charge in [0.05, 0.1) is 11.7 Å². The van der Waals surface area contributed by atoms with E-state index in [0.717, 1.165) is 10.4 Å². The number of fused-ring (bicyclic) bond motifs is 1. The molecule has 10 heteroatoms. The van der Waals surface area contributed by atoms with Crippen LogP contribution in [0.15, 0.2) is 58.3 Å². The van der Waals surface area contributed by atoms with E-state index in [-0.39, 0.29) is 23.5 Å². The lowest BCUT2D eigenvalue weighted by Crippen LogP contribution is -2.27. The van der Waals surface area contributed by atoms with Gasteiger partial charge < -0.3 is 10.1 Å². The van der Waals surface area contributed by atoms with E-state index >= 15 is 0 Å². The number of aromatic nitrogens is 2. The van der Waals surface area contributed by atoms with Gasteiger partial charge in [-0.25, -0.2) is 4.98 Å². The van der Waals surface area contributed by atoms with Crippen LogP contribution in [0.1, 0.15) is 0 Å². The highest BCUT2D eigenvalue weighted by Gasteiger charge is 2.15. The maximum absolute atomic E-state index is 12.9. The van der Waals surface area contributed by atoms with Crippen molar-refractivity contribution >= 4 is 44.5 Å². The van der Waals surface area contributed by atoms with Crippen molar-refractivity contribution in [2.45, 2.75) is 13.2 Å². The van der Waals surface area contributed by atoms with E-state index < -0.39 is 12.5 Å². The summed E-state index contributed by atoms with van der Waals surface area (Å²) >= 11 is 2.89. The fourth-order valence-corrected chi connectivity index (χ4v) is 4.52. The van der Waals surface area contributed by atoms with E-state index in [4.69, 9.17) is 0 Å². The van der Waals surface area contributed by atoms with E-state index in [1.807, 2.05) is 22.9 Å². The molecule has 3 aromatic heterocycles. The van der Waals surface area contributed by atoms with E-state index in [9.17, 15) is 18.4 Å². The van der Waals surface area contributed by atoms with Crippen LogP contribution in [0.3, 0.4) is 0 Å². The highest BCUT2D eigenvalue weighted by atomic mass is 32.1. The summed E-state index contributed by atoms with van der Waals surface area (Å²) in [5, 5.41) is 6.84. The molecule has 4 rings (SSSR count). The molecule has 0 fully saturated rings. The number of halogens is 2. The SMILES string of the molecule is O=C(Cn1cnc2scc(-c3cccs3)c2c1=O)Nc1cccc(OC(F)F)c1. The smallest absolute Gasteiger partial charge is 0.387 e. The number of ether oxygens (including phenoxy) is 1. The number of nitrogens with one attached hydrogen (secondary N) is 1. The lowest BCUT2D eigenvalue weighted by Gasteiger charge is -2.09. The molecule has 1 amide bonds. The fourth-order valence-electron chi connectivity index (χ4n) is 2.80.